The zero-order valence-corrected chi connectivity index (χ0v) is 21.1. The van der Waals surface area contributed by atoms with Crippen LogP contribution in [0, 0.1) is 17.7 Å². The average molecular weight is 514 g/mol. The molecule has 2 aromatic rings. The van der Waals surface area contributed by atoms with Gasteiger partial charge in [-0.25, -0.2) is 12.8 Å². The molecule has 36 heavy (non-hydrogen) atoms. The molecule has 6 nitrogen and oxygen atoms in total. The quantitative estimate of drug-likeness (QED) is 0.279. The third kappa shape index (κ3) is 5.80. The zero-order valence-electron chi connectivity index (χ0n) is 20.3. The van der Waals surface area contributed by atoms with Crippen molar-refractivity contribution in [3.8, 4) is 5.75 Å². The average Bonchev–Trinajstić information content (AvgIpc) is 3.78. The minimum Gasteiger partial charge on any atom is -0.490 e. The lowest BCUT2D eigenvalue weighted by atomic mass is 9.96. The smallest absolute Gasteiger partial charge is 0.261 e. The Morgan fingerprint density at radius 2 is 1.64 bits per heavy atom. The molecule has 0 N–H and O–H groups in total. The fraction of sp³-hybridized carbons (Fsp3) is 0.500. The van der Waals surface area contributed by atoms with E-state index < -0.39 is 15.7 Å². The number of sulfone groups is 1. The molecular formula is C28H32FNO5S. The first-order chi connectivity index (χ1) is 17.3. The van der Waals surface area contributed by atoms with E-state index >= 15 is 0 Å². The minimum absolute atomic E-state index is 0.0454. The van der Waals surface area contributed by atoms with Gasteiger partial charge in [0, 0.05) is 12.5 Å². The van der Waals surface area contributed by atoms with Gasteiger partial charge in [0.15, 0.2) is 21.4 Å². The number of hydrogen-bond acceptors (Lipinski definition) is 5. The molecule has 1 unspecified atom stereocenters. The molecule has 1 atom stereocenters. The molecule has 2 aliphatic carbocycles. The van der Waals surface area contributed by atoms with Crippen LogP contribution in [-0.4, -0.2) is 49.8 Å². The van der Waals surface area contributed by atoms with Crippen molar-refractivity contribution in [1.82, 2.24) is 4.90 Å². The molecule has 192 valence electrons. The van der Waals surface area contributed by atoms with Crippen molar-refractivity contribution in [2.45, 2.75) is 50.9 Å². The monoisotopic (exact) mass is 513 g/mol. The Hall–Kier alpha value is -2.74. The van der Waals surface area contributed by atoms with E-state index in [1.54, 1.807) is 36.4 Å². The van der Waals surface area contributed by atoms with Crippen molar-refractivity contribution in [2.24, 2.45) is 11.8 Å². The van der Waals surface area contributed by atoms with E-state index in [9.17, 15) is 22.4 Å². The number of amides is 2. The SMILES string of the molecule is O=C1c2ccccc2C(=O)N1CCCCCS(=O)(=O)CC(c1ccc(F)c(OCC2CC2)c1)C1CC1. The highest BCUT2D eigenvalue weighted by molar-refractivity contribution is 7.91. The lowest BCUT2D eigenvalue weighted by Gasteiger charge is -2.19. The highest BCUT2D eigenvalue weighted by Gasteiger charge is 2.36. The number of imide groups is 1. The minimum atomic E-state index is -3.32. The molecule has 0 saturated heterocycles. The number of carbonyl (C=O) groups is 2. The first-order valence-electron chi connectivity index (χ1n) is 12.9. The Bertz CT molecular complexity index is 1220. The zero-order chi connectivity index (χ0) is 25.3. The largest absolute Gasteiger partial charge is 0.490 e. The van der Waals surface area contributed by atoms with Crippen LogP contribution in [0.5, 0.6) is 5.75 Å². The maximum atomic E-state index is 14.2. The lowest BCUT2D eigenvalue weighted by Crippen LogP contribution is -2.30. The second kappa shape index (κ2) is 10.3. The molecule has 0 spiro atoms. The summed E-state index contributed by atoms with van der Waals surface area (Å²) in [5.74, 6) is 0.00205. The molecule has 1 aliphatic heterocycles. The van der Waals surface area contributed by atoms with Crippen LogP contribution in [0.2, 0.25) is 0 Å². The van der Waals surface area contributed by atoms with E-state index in [1.807, 2.05) is 0 Å². The molecule has 2 saturated carbocycles. The molecule has 8 heteroatoms. The first-order valence-corrected chi connectivity index (χ1v) is 14.7. The van der Waals surface area contributed by atoms with E-state index in [-0.39, 0.29) is 41.5 Å². The van der Waals surface area contributed by atoms with Gasteiger partial charge in [-0.1, -0.05) is 24.6 Å². The van der Waals surface area contributed by atoms with Crippen LogP contribution in [0.25, 0.3) is 0 Å². The number of nitrogens with zero attached hydrogens (tertiary/aromatic N) is 1. The van der Waals surface area contributed by atoms with Crippen LogP contribution < -0.4 is 4.74 Å². The third-order valence-corrected chi connectivity index (χ3v) is 9.17. The maximum Gasteiger partial charge on any atom is 0.261 e. The second-order valence-electron chi connectivity index (χ2n) is 10.4. The number of unbranched alkanes of at least 4 members (excludes halogenated alkanes) is 2. The summed E-state index contributed by atoms with van der Waals surface area (Å²) in [7, 11) is -3.32. The molecular weight excluding hydrogens is 481 g/mol. The number of halogens is 1. The van der Waals surface area contributed by atoms with Crippen molar-refractivity contribution >= 4 is 21.7 Å². The number of fused-ring (bicyclic) bond motifs is 1. The maximum absolute atomic E-state index is 14.2. The molecule has 0 radical (unpaired) electrons. The molecule has 3 aliphatic rings. The fourth-order valence-electron chi connectivity index (χ4n) is 4.92. The van der Waals surface area contributed by atoms with Gasteiger partial charge in [-0.2, -0.15) is 0 Å². The van der Waals surface area contributed by atoms with Crippen molar-refractivity contribution in [3.63, 3.8) is 0 Å². The summed E-state index contributed by atoms with van der Waals surface area (Å²) in [4.78, 5) is 26.2. The predicted octanol–water partition coefficient (Wildman–Crippen LogP) is 4.99. The van der Waals surface area contributed by atoms with E-state index in [4.69, 9.17) is 4.74 Å². The van der Waals surface area contributed by atoms with Crippen molar-refractivity contribution in [1.29, 1.82) is 0 Å². The number of rotatable bonds is 13. The summed E-state index contributed by atoms with van der Waals surface area (Å²) in [5.41, 5.74) is 1.69. The Balaban J connectivity index is 1.12. The van der Waals surface area contributed by atoms with Gasteiger partial charge in [-0.3, -0.25) is 14.5 Å². The molecule has 5 rings (SSSR count). The second-order valence-corrected chi connectivity index (χ2v) is 12.6. The Morgan fingerprint density at radius 3 is 2.28 bits per heavy atom. The summed E-state index contributed by atoms with van der Waals surface area (Å²) in [6, 6.07) is 11.6. The lowest BCUT2D eigenvalue weighted by molar-refractivity contribution is 0.0651. The summed E-state index contributed by atoms with van der Waals surface area (Å²) in [6.45, 7) is 0.795. The predicted molar refractivity (Wildman–Crippen MR) is 134 cm³/mol. The van der Waals surface area contributed by atoms with Gasteiger partial charge in [0.25, 0.3) is 11.8 Å². The molecule has 0 bridgehead atoms. The molecule has 2 amide bonds. The Morgan fingerprint density at radius 1 is 0.944 bits per heavy atom. The van der Waals surface area contributed by atoms with E-state index in [1.165, 1.54) is 11.0 Å². The standard InChI is InChI=1S/C28H32FNO5S/c29-25-13-12-21(16-26(25)35-17-19-8-9-19)24(20-10-11-20)18-36(33,34)15-5-1-4-14-30-27(31)22-6-2-3-7-23(22)28(30)32/h2-3,6-7,12-13,16,19-20,24H,1,4-5,8-11,14-15,17-18H2. The van der Waals surface area contributed by atoms with Gasteiger partial charge in [0.2, 0.25) is 0 Å². The summed E-state index contributed by atoms with van der Waals surface area (Å²) >= 11 is 0. The highest BCUT2D eigenvalue weighted by Crippen LogP contribution is 2.44. The van der Waals surface area contributed by atoms with Crippen molar-refractivity contribution in [2.75, 3.05) is 24.7 Å². The van der Waals surface area contributed by atoms with E-state index in [0.29, 0.717) is 48.8 Å². The van der Waals surface area contributed by atoms with Crippen molar-refractivity contribution in [3.05, 3.63) is 65.0 Å². The Kier molecular flexibility index (Phi) is 7.15. The third-order valence-electron chi connectivity index (χ3n) is 7.39. The normalized spacial score (nSPS) is 18.4. The number of carbonyl (C=O) groups excluding carboxylic acids is 2. The van der Waals surface area contributed by atoms with Gasteiger partial charge in [-0.05, 0) is 80.2 Å². The Labute approximate surface area is 211 Å². The van der Waals surface area contributed by atoms with Crippen LogP contribution in [0.3, 0.4) is 0 Å². The van der Waals surface area contributed by atoms with Gasteiger partial charge >= 0.3 is 0 Å². The molecule has 2 fully saturated rings. The highest BCUT2D eigenvalue weighted by atomic mass is 32.2. The topological polar surface area (TPSA) is 80.8 Å². The van der Waals surface area contributed by atoms with Crippen molar-refractivity contribution < 1.29 is 27.1 Å². The summed E-state index contributed by atoms with van der Waals surface area (Å²) < 4.78 is 45.9. The first kappa shape index (κ1) is 24.9. The van der Waals surface area contributed by atoms with Crippen LogP contribution in [0.4, 0.5) is 4.39 Å². The van der Waals surface area contributed by atoms with Gasteiger partial charge in [0.05, 0.1) is 29.2 Å². The van der Waals surface area contributed by atoms with Gasteiger partial charge in [-0.15, -0.1) is 0 Å². The van der Waals surface area contributed by atoms with Crippen LogP contribution in [-0.2, 0) is 9.84 Å². The van der Waals surface area contributed by atoms with Crippen LogP contribution >= 0.6 is 0 Å². The molecule has 2 aromatic carbocycles. The number of benzene rings is 2. The van der Waals surface area contributed by atoms with Crippen LogP contribution in [0.1, 0.15) is 77.1 Å². The number of hydrogen-bond donors (Lipinski definition) is 0. The van der Waals surface area contributed by atoms with E-state index in [0.717, 1.165) is 31.2 Å². The van der Waals surface area contributed by atoms with E-state index in [2.05, 4.69) is 0 Å². The molecule has 0 aromatic heterocycles. The summed E-state index contributed by atoms with van der Waals surface area (Å²) in [5, 5.41) is 0. The van der Waals surface area contributed by atoms with Crippen LogP contribution in [0.15, 0.2) is 42.5 Å². The molecule has 1 heterocycles. The van der Waals surface area contributed by atoms with Gasteiger partial charge in [0.1, 0.15) is 0 Å². The number of ether oxygens (including phenoxy) is 1. The summed E-state index contributed by atoms with van der Waals surface area (Å²) in [6.07, 6.45) is 5.84. The van der Waals surface area contributed by atoms with Gasteiger partial charge < -0.3 is 4.74 Å². The fourth-order valence-corrected chi connectivity index (χ4v) is 6.75.